The Hall–Kier alpha value is -0.610. The molecule has 1 fully saturated rings. The van der Waals surface area contributed by atoms with Gasteiger partial charge in [0.15, 0.2) is 0 Å². The van der Waals surface area contributed by atoms with Gasteiger partial charge in [0, 0.05) is 36.7 Å². The average molecular weight is 297 g/mol. The summed E-state index contributed by atoms with van der Waals surface area (Å²) in [4.78, 5) is 2.47. The van der Waals surface area contributed by atoms with Crippen LogP contribution in [0.3, 0.4) is 0 Å². The summed E-state index contributed by atoms with van der Waals surface area (Å²) in [6, 6.07) is 7.23. The van der Waals surface area contributed by atoms with Crippen LogP contribution in [-0.4, -0.2) is 43.3 Å². The Morgan fingerprint density at radius 2 is 2.25 bits per heavy atom. The number of hydrogen-bond acceptors (Lipinski definition) is 3. The van der Waals surface area contributed by atoms with Crippen LogP contribution in [0.1, 0.15) is 25.0 Å². The zero-order chi connectivity index (χ0) is 14.5. The van der Waals surface area contributed by atoms with Gasteiger partial charge in [-0.25, -0.2) is 0 Å². The molecular weight excluding hydrogens is 272 g/mol. The summed E-state index contributed by atoms with van der Waals surface area (Å²) in [7, 11) is 0. The molecule has 4 heteroatoms. The van der Waals surface area contributed by atoms with Crippen LogP contribution in [-0.2, 0) is 11.3 Å². The van der Waals surface area contributed by atoms with E-state index in [-0.39, 0.29) is 0 Å². The number of nitrogens with zero attached hydrogens (tertiary/aromatic N) is 1. The molecule has 1 saturated heterocycles. The summed E-state index contributed by atoms with van der Waals surface area (Å²) >= 11 is 6.35. The largest absolute Gasteiger partial charge is 0.378 e. The van der Waals surface area contributed by atoms with Crippen LogP contribution in [0.25, 0.3) is 0 Å². The fraction of sp³-hybridized carbons (Fsp3) is 0.625. The van der Waals surface area contributed by atoms with Gasteiger partial charge in [-0.3, -0.25) is 4.90 Å². The molecule has 0 spiro atoms. The van der Waals surface area contributed by atoms with E-state index < -0.39 is 0 Å². The summed E-state index contributed by atoms with van der Waals surface area (Å²) in [6.45, 7) is 10.8. The maximum atomic E-state index is 6.35. The van der Waals surface area contributed by atoms with E-state index in [1.165, 1.54) is 11.1 Å². The molecule has 1 aromatic rings. The first kappa shape index (κ1) is 15.8. The molecule has 2 rings (SSSR count). The van der Waals surface area contributed by atoms with Crippen LogP contribution in [0.4, 0.5) is 0 Å². The summed E-state index contributed by atoms with van der Waals surface area (Å²) < 4.78 is 5.62. The van der Waals surface area contributed by atoms with Crippen molar-refractivity contribution in [3.63, 3.8) is 0 Å². The fourth-order valence-corrected chi connectivity index (χ4v) is 2.75. The molecule has 1 aromatic carbocycles. The summed E-state index contributed by atoms with van der Waals surface area (Å²) in [5, 5.41) is 4.37. The lowest BCUT2D eigenvalue weighted by Crippen LogP contribution is -2.50. The van der Waals surface area contributed by atoms with E-state index in [0.717, 1.165) is 37.9 Å². The van der Waals surface area contributed by atoms with Crippen molar-refractivity contribution >= 4 is 11.6 Å². The smallest absolute Gasteiger partial charge is 0.0635 e. The highest BCUT2D eigenvalue weighted by Crippen LogP contribution is 2.21. The molecule has 1 heterocycles. The number of hydrogen-bond donors (Lipinski definition) is 1. The number of morpholine rings is 1. The molecule has 0 aromatic heterocycles. The van der Waals surface area contributed by atoms with Crippen molar-refractivity contribution in [3.05, 3.63) is 34.3 Å². The number of halogens is 1. The Morgan fingerprint density at radius 3 is 2.95 bits per heavy atom. The number of rotatable bonds is 5. The molecular formula is C16H25ClN2O. The molecule has 1 unspecified atom stereocenters. The molecule has 1 aliphatic heterocycles. The Kier molecular flexibility index (Phi) is 5.85. The van der Waals surface area contributed by atoms with Gasteiger partial charge in [0.05, 0.1) is 13.2 Å². The van der Waals surface area contributed by atoms with Crippen LogP contribution < -0.4 is 5.32 Å². The third-order valence-corrected chi connectivity index (χ3v) is 4.05. The van der Waals surface area contributed by atoms with Crippen molar-refractivity contribution in [3.8, 4) is 0 Å². The minimum Gasteiger partial charge on any atom is -0.378 e. The van der Waals surface area contributed by atoms with Crippen molar-refractivity contribution in [2.45, 2.75) is 39.4 Å². The van der Waals surface area contributed by atoms with Crippen LogP contribution in [0, 0.1) is 6.92 Å². The Bertz CT molecular complexity index is 436. The van der Waals surface area contributed by atoms with Gasteiger partial charge in [-0.05, 0) is 24.1 Å². The topological polar surface area (TPSA) is 24.5 Å². The molecule has 20 heavy (non-hydrogen) atoms. The maximum absolute atomic E-state index is 6.35. The SMILES string of the molecule is Cc1ccc(CN2CCOCC2CNC(C)C)c(Cl)c1. The van der Waals surface area contributed by atoms with Crippen LogP contribution in [0.15, 0.2) is 18.2 Å². The van der Waals surface area contributed by atoms with Gasteiger partial charge in [0.25, 0.3) is 0 Å². The van der Waals surface area contributed by atoms with Gasteiger partial charge >= 0.3 is 0 Å². The van der Waals surface area contributed by atoms with E-state index in [4.69, 9.17) is 16.3 Å². The number of aryl methyl sites for hydroxylation is 1. The lowest BCUT2D eigenvalue weighted by Gasteiger charge is -2.36. The van der Waals surface area contributed by atoms with Crippen LogP contribution in [0.2, 0.25) is 5.02 Å². The van der Waals surface area contributed by atoms with Crippen molar-refractivity contribution in [1.82, 2.24) is 10.2 Å². The molecule has 1 aliphatic rings. The highest BCUT2D eigenvalue weighted by atomic mass is 35.5. The lowest BCUT2D eigenvalue weighted by atomic mass is 10.1. The summed E-state index contributed by atoms with van der Waals surface area (Å²) in [6.07, 6.45) is 0. The van der Waals surface area contributed by atoms with Crippen LogP contribution >= 0.6 is 11.6 Å². The second-order valence-electron chi connectivity index (χ2n) is 5.86. The predicted octanol–water partition coefficient (Wildman–Crippen LogP) is 2.85. The molecule has 1 N–H and O–H groups in total. The lowest BCUT2D eigenvalue weighted by molar-refractivity contribution is -0.0114. The first-order valence-electron chi connectivity index (χ1n) is 7.36. The number of benzene rings is 1. The highest BCUT2D eigenvalue weighted by molar-refractivity contribution is 6.31. The van der Waals surface area contributed by atoms with E-state index in [0.29, 0.717) is 12.1 Å². The van der Waals surface area contributed by atoms with Crippen molar-refractivity contribution in [2.24, 2.45) is 0 Å². The summed E-state index contributed by atoms with van der Waals surface area (Å²) in [5.74, 6) is 0. The normalized spacial score (nSPS) is 20.6. The predicted molar refractivity (Wildman–Crippen MR) is 84.3 cm³/mol. The van der Waals surface area contributed by atoms with E-state index in [1.807, 2.05) is 6.07 Å². The average Bonchev–Trinajstić information content (AvgIpc) is 2.41. The molecule has 3 nitrogen and oxygen atoms in total. The molecule has 112 valence electrons. The second kappa shape index (κ2) is 7.41. The number of nitrogens with one attached hydrogen (secondary N) is 1. The zero-order valence-electron chi connectivity index (χ0n) is 12.7. The van der Waals surface area contributed by atoms with Crippen molar-refractivity contribution in [1.29, 1.82) is 0 Å². The third kappa shape index (κ3) is 4.45. The molecule has 0 saturated carbocycles. The molecule has 0 radical (unpaired) electrons. The van der Waals surface area contributed by atoms with Gasteiger partial charge in [0.1, 0.15) is 0 Å². The van der Waals surface area contributed by atoms with E-state index in [1.54, 1.807) is 0 Å². The molecule has 0 bridgehead atoms. The minimum absolute atomic E-state index is 0.420. The van der Waals surface area contributed by atoms with Gasteiger partial charge in [0.2, 0.25) is 0 Å². The monoisotopic (exact) mass is 296 g/mol. The van der Waals surface area contributed by atoms with E-state index >= 15 is 0 Å². The third-order valence-electron chi connectivity index (χ3n) is 3.69. The second-order valence-corrected chi connectivity index (χ2v) is 6.26. The molecule has 1 atom stereocenters. The minimum atomic E-state index is 0.420. The fourth-order valence-electron chi connectivity index (χ4n) is 2.46. The van der Waals surface area contributed by atoms with Gasteiger partial charge < -0.3 is 10.1 Å². The summed E-state index contributed by atoms with van der Waals surface area (Å²) in [5.41, 5.74) is 2.41. The van der Waals surface area contributed by atoms with Crippen molar-refractivity contribution < 1.29 is 4.74 Å². The first-order chi connectivity index (χ1) is 9.56. The Balaban J connectivity index is 2.00. The van der Waals surface area contributed by atoms with Gasteiger partial charge in [-0.15, -0.1) is 0 Å². The van der Waals surface area contributed by atoms with Crippen LogP contribution in [0.5, 0.6) is 0 Å². The Labute approximate surface area is 127 Å². The molecule has 0 amide bonds. The standard InChI is InChI=1S/C16H25ClN2O/c1-12(2)18-9-15-11-20-7-6-19(15)10-14-5-4-13(3)8-16(14)17/h4-5,8,12,15,18H,6-7,9-11H2,1-3H3. The van der Waals surface area contributed by atoms with Crippen molar-refractivity contribution in [2.75, 3.05) is 26.3 Å². The highest BCUT2D eigenvalue weighted by Gasteiger charge is 2.23. The quantitative estimate of drug-likeness (QED) is 0.904. The molecule has 0 aliphatic carbocycles. The van der Waals surface area contributed by atoms with Gasteiger partial charge in [-0.2, -0.15) is 0 Å². The number of ether oxygens (including phenoxy) is 1. The van der Waals surface area contributed by atoms with E-state index in [2.05, 4.69) is 43.1 Å². The zero-order valence-corrected chi connectivity index (χ0v) is 13.4. The first-order valence-corrected chi connectivity index (χ1v) is 7.74. The van der Waals surface area contributed by atoms with E-state index in [9.17, 15) is 0 Å². The van der Waals surface area contributed by atoms with Gasteiger partial charge in [-0.1, -0.05) is 37.6 Å². The maximum Gasteiger partial charge on any atom is 0.0635 e. The Morgan fingerprint density at radius 1 is 1.45 bits per heavy atom.